The van der Waals surface area contributed by atoms with E-state index in [1.54, 1.807) is 0 Å². The van der Waals surface area contributed by atoms with E-state index in [4.69, 9.17) is 5.11 Å². The zero-order valence-corrected chi connectivity index (χ0v) is 17.0. The van der Waals surface area contributed by atoms with Crippen LogP contribution >= 0.6 is 0 Å². The lowest BCUT2D eigenvalue weighted by Crippen LogP contribution is -1.94. The molecule has 1 heterocycles. The number of esters is 2. The lowest BCUT2D eigenvalue weighted by molar-refractivity contribution is -0.152. The number of allylic oxidation sites excluding steroid dienone is 2. The number of carbonyl (C=O) groups is 3. The predicted molar refractivity (Wildman–Crippen MR) is 107 cm³/mol. The molecule has 156 valence electrons. The van der Waals surface area contributed by atoms with E-state index in [2.05, 4.69) is 23.8 Å². The van der Waals surface area contributed by atoms with Gasteiger partial charge in [-0.15, -0.1) is 0 Å². The van der Waals surface area contributed by atoms with E-state index in [9.17, 15) is 14.4 Å². The van der Waals surface area contributed by atoms with Gasteiger partial charge in [0.25, 0.3) is 0 Å². The van der Waals surface area contributed by atoms with Crippen LogP contribution in [-0.2, 0) is 19.1 Å². The Morgan fingerprint density at radius 2 is 1.26 bits per heavy atom. The zero-order chi connectivity index (χ0) is 20.2. The van der Waals surface area contributed by atoms with Gasteiger partial charge in [0, 0.05) is 6.42 Å². The van der Waals surface area contributed by atoms with Crippen LogP contribution in [0.3, 0.4) is 0 Å². The summed E-state index contributed by atoms with van der Waals surface area (Å²) in [5.41, 5.74) is 0. The monoisotopic (exact) mass is 382 g/mol. The molecule has 1 aliphatic heterocycles. The van der Waals surface area contributed by atoms with Gasteiger partial charge in [-0.2, -0.15) is 0 Å². The molecule has 0 aromatic carbocycles. The molecule has 0 unspecified atom stereocenters. The van der Waals surface area contributed by atoms with Gasteiger partial charge in [0.15, 0.2) is 0 Å². The van der Waals surface area contributed by atoms with Crippen molar-refractivity contribution in [3.8, 4) is 0 Å². The third-order valence-corrected chi connectivity index (χ3v) is 4.41. The minimum absolute atomic E-state index is 0.263. The molecule has 1 N–H and O–H groups in total. The van der Waals surface area contributed by atoms with Crippen molar-refractivity contribution in [3.05, 3.63) is 12.2 Å². The number of unbranched alkanes of at least 4 members (excludes halogenated alkanes) is 11. The van der Waals surface area contributed by atoms with Crippen molar-refractivity contribution in [1.82, 2.24) is 0 Å². The Labute approximate surface area is 164 Å². The Morgan fingerprint density at radius 3 is 1.67 bits per heavy atom. The van der Waals surface area contributed by atoms with Crippen LogP contribution in [0.5, 0.6) is 0 Å². The van der Waals surface area contributed by atoms with Crippen molar-refractivity contribution in [2.24, 2.45) is 0 Å². The summed E-state index contributed by atoms with van der Waals surface area (Å²) in [6, 6.07) is 0. The van der Waals surface area contributed by atoms with Crippen LogP contribution in [0.2, 0.25) is 0 Å². The van der Waals surface area contributed by atoms with Crippen LogP contribution in [-0.4, -0.2) is 23.0 Å². The molecule has 5 heteroatoms. The number of carboxylic acids is 1. The summed E-state index contributed by atoms with van der Waals surface area (Å²) in [4.78, 5) is 30.3. The number of carbonyl (C=O) groups excluding carboxylic acids is 2. The van der Waals surface area contributed by atoms with Crippen molar-refractivity contribution in [2.75, 3.05) is 0 Å². The highest BCUT2D eigenvalue weighted by atomic mass is 16.6. The molecule has 0 aliphatic carbocycles. The second kappa shape index (κ2) is 19.1. The highest BCUT2D eigenvalue weighted by Crippen LogP contribution is 2.09. The molecule has 0 radical (unpaired) electrons. The third kappa shape index (κ3) is 20.5. The summed E-state index contributed by atoms with van der Waals surface area (Å²) >= 11 is 0. The Morgan fingerprint density at radius 1 is 0.815 bits per heavy atom. The molecule has 0 spiro atoms. The maximum absolute atomic E-state index is 10.3. The van der Waals surface area contributed by atoms with Crippen LogP contribution in [0, 0.1) is 0 Å². The summed E-state index contributed by atoms with van der Waals surface area (Å²) in [6.07, 6.45) is 21.8. The molecule has 1 aliphatic rings. The Balaban J connectivity index is 0.000000797. The maximum Gasteiger partial charge on any atom is 0.314 e. The third-order valence-electron chi connectivity index (χ3n) is 4.41. The molecule has 0 aromatic heterocycles. The van der Waals surface area contributed by atoms with Gasteiger partial charge in [0.1, 0.15) is 0 Å². The summed E-state index contributed by atoms with van der Waals surface area (Å²) in [5.74, 6) is -1.46. The number of cyclic esters (lactones) is 2. The van der Waals surface area contributed by atoms with E-state index < -0.39 is 17.9 Å². The lowest BCUT2D eigenvalue weighted by Gasteiger charge is -1.99. The molecular formula is C22H38O5. The van der Waals surface area contributed by atoms with E-state index >= 15 is 0 Å². The minimum Gasteiger partial charge on any atom is -0.481 e. The van der Waals surface area contributed by atoms with Crippen molar-refractivity contribution < 1.29 is 24.2 Å². The SMILES string of the molecule is CCCCCCCC/C=C\CCCCCCCC(=O)O.O=C1CCC(=O)O1. The molecule has 1 fully saturated rings. The highest BCUT2D eigenvalue weighted by Gasteiger charge is 2.19. The molecular weight excluding hydrogens is 344 g/mol. The average molecular weight is 383 g/mol. The van der Waals surface area contributed by atoms with Crippen LogP contribution in [0.15, 0.2) is 12.2 Å². The number of rotatable bonds is 15. The summed E-state index contributed by atoms with van der Waals surface area (Å²) in [6.45, 7) is 2.26. The fourth-order valence-electron chi connectivity index (χ4n) is 2.78. The molecule has 1 rings (SSSR count). The van der Waals surface area contributed by atoms with Crippen molar-refractivity contribution >= 4 is 17.9 Å². The van der Waals surface area contributed by atoms with Gasteiger partial charge in [0.05, 0.1) is 12.8 Å². The van der Waals surface area contributed by atoms with Crippen molar-refractivity contribution in [2.45, 2.75) is 110 Å². The van der Waals surface area contributed by atoms with Crippen LogP contribution in [0.4, 0.5) is 0 Å². The maximum atomic E-state index is 10.3. The number of hydrogen-bond acceptors (Lipinski definition) is 4. The second-order valence-corrected chi connectivity index (χ2v) is 7.07. The standard InChI is InChI=1S/C18H34O2.C4H4O3/c1-2-3-4-5-6-7-8-9-10-11-12-13-14-15-16-17-18(19)20;5-3-1-2-4(6)7-3/h9-10H,2-8,11-17H2,1H3,(H,19,20);1-2H2/b10-9-;. The van der Waals surface area contributed by atoms with Gasteiger partial charge in [-0.3, -0.25) is 14.4 Å². The quantitative estimate of drug-likeness (QED) is 0.164. The first-order valence-corrected chi connectivity index (χ1v) is 10.7. The molecule has 5 nitrogen and oxygen atoms in total. The number of aliphatic carboxylic acids is 1. The van der Waals surface area contributed by atoms with Crippen molar-refractivity contribution in [1.29, 1.82) is 0 Å². The van der Waals surface area contributed by atoms with Gasteiger partial charge in [-0.1, -0.05) is 70.4 Å². The van der Waals surface area contributed by atoms with Crippen LogP contribution in [0.25, 0.3) is 0 Å². The first kappa shape index (κ1) is 25.4. The fourth-order valence-corrected chi connectivity index (χ4v) is 2.78. The molecule has 0 saturated carbocycles. The van der Waals surface area contributed by atoms with Crippen LogP contribution in [0.1, 0.15) is 110 Å². The lowest BCUT2D eigenvalue weighted by atomic mass is 10.1. The first-order chi connectivity index (χ1) is 13.1. The molecule has 0 atom stereocenters. The Kier molecular flexibility index (Phi) is 18.0. The summed E-state index contributed by atoms with van der Waals surface area (Å²) < 4.78 is 4.08. The van der Waals surface area contributed by atoms with Crippen molar-refractivity contribution in [3.63, 3.8) is 0 Å². The van der Waals surface area contributed by atoms with E-state index in [1.807, 2.05) is 0 Å². The normalized spacial score (nSPS) is 13.5. The first-order valence-electron chi connectivity index (χ1n) is 10.7. The topological polar surface area (TPSA) is 80.7 Å². The van der Waals surface area contributed by atoms with Gasteiger partial charge < -0.3 is 9.84 Å². The predicted octanol–water partition coefficient (Wildman–Crippen LogP) is 5.96. The highest BCUT2D eigenvalue weighted by molar-refractivity contribution is 5.92. The molecule has 0 bridgehead atoms. The largest absolute Gasteiger partial charge is 0.481 e. The Bertz CT molecular complexity index is 414. The Hall–Kier alpha value is -1.65. The molecule has 0 aromatic rings. The van der Waals surface area contributed by atoms with Gasteiger partial charge in [0.2, 0.25) is 0 Å². The average Bonchev–Trinajstić information content (AvgIpc) is 3.01. The van der Waals surface area contributed by atoms with E-state index in [0.29, 0.717) is 6.42 Å². The van der Waals surface area contributed by atoms with E-state index in [1.165, 1.54) is 70.6 Å². The molecule has 1 saturated heterocycles. The molecule has 27 heavy (non-hydrogen) atoms. The summed E-state index contributed by atoms with van der Waals surface area (Å²) in [5, 5.41) is 8.51. The van der Waals surface area contributed by atoms with Crippen LogP contribution < -0.4 is 0 Å². The summed E-state index contributed by atoms with van der Waals surface area (Å²) in [7, 11) is 0. The van der Waals surface area contributed by atoms with E-state index in [-0.39, 0.29) is 12.8 Å². The number of carboxylic acid groups (broad SMARTS) is 1. The van der Waals surface area contributed by atoms with Gasteiger partial charge in [-0.25, -0.2) is 0 Å². The zero-order valence-electron chi connectivity index (χ0n) is 17.0. The van der Waals surface area contributed by atoms with Gasteiger partial charge >= 0.3 is 17.9 Å². The number of hydrogen-bond donors (Lipinski definition) is 1. The second-order valence-electron chi connectivity index (χ2n) is 7.07. The smallest absolute Gasteiger partial charge is 0.314 e. The van der Waals surface area contributed by atoms with E-state index in [0.717, 1.165) is 12.8 Å². The number of ether oxygens (including phenoxy) is 1. The van der Waals surface area contributed by atoms with Gasteiger partial charge in [-0.05, 0) is 32.1 Å². The fraction of sp³-hybridized carbons (Fsp3) is 0.773. The minimum atomic E-state index is -0.664. The molecule has 0 amide bonds.